The molecule has 1 amide bonds. The van der Waals surface area contributed by atoms with Crippen LogP contribution in [-0.4, -0.2) is 42.9 Å². The molecule has 1 atom stereocenters. The van der Waals surface area contributed by atoms with E-state index in [1.165, 1.54) is 0 Å². The molecule has 14 heavy (non-hydrogen) atoms. The Hall–Kier alpha value is -0.710. The van der Waals surface area contributed by atoms with Gasteiger partial charge in [-0.25, -0.2) is 8.78 Å². The zero-order chi connectivity index (χ0) is 10.7. The van der Waals surface area contributed by atoms with Gasteiger partial charge in [0.1, 0.15) is 0 Å². The fourth-order valence-corrected chi connectivity index (χ4v) is 1.84. The summed E-state index contributed by atoms with van der Waals surface area (Å²) in [6.45, 7) is 4.41. The number of carbonyl (C=O) groups is 1. The smallest absolute Gasteiger partial charge is 0.251 e. The summed E-state index contributed by atoms with van der Waals surface area (Å²) in [6.07, 6.45) is -2.37. The molecule has 0 spiro atoms. The maximum absolute atomic E-state index is 12.2. The Morgan fingerprint density at radius 3 is 2.71 bits per heavy atom. The molecule has 1 aliphatic heterocycles. The molecule has 0 aromatic carbocycles. The van der Waals surface area contributed by atoms with Crippen molar-refractivity contribution in [2.45, 2.75) is 26.3 Å². The Balaban J connectivity index is 2.65. The number of nitrogens with zero attached hydrogens (tertiary/aromatic N) is 1. The van der Waals surface area contributed by atoms with Gasteiger partial charge in [-0.1, -0.05) is 13.8 Å². The quantitative estimate of drug-likeness (QED) is 0.737. The average Bonchev–Trinajstić information content (AvgIpc) is 2.01. The number of piperazine rings is 1. The Kier molecular flexibility index (Phi) is 3.80. The summed E-state index contributed by atoms with van der Waals surface area (Å²) in [7, 11) is 0. The molecule has 1 rings (SSSR count). The van der Waals surface area contributed by atoms with Crippen LogP contribution in [-0.2, 0) is 4.79 Å². The molecule has 5 heteroatoms. The van der Waals surface area contributed by atoms with Gasteiger partial charge in [0, 0.05) is 13.1 Å². The molecule has 1 unspecified atom stereocenters. The zero-order valence-electron chi connectivity index (χ0n) is 8.46. The Morgan fingerprint density at radius 2 is 2.21 bits per heavy atom. The van der Waals surface area contributed by atoms with Crippen molar-refractivity contribution in [2.24, 2.45) is 5.92 Å². The number of alkyl halides is 2. The largest absolute Gasteiger partial charge is 0.353 e. The minimum Gasteiger partial charge on any atom is -0.353 e. The lowest BCUT2D eigenvalue weighted by molar-refractivity contribution is -0.131. The number of nitrogens with one attached hydrogen (secondary N) is 1. The third kappa shape index (κ3) is 2.64. The topological polar surface area (TPSA) is 32.3 Å². The van der Waals surface area contributed by atoms with E-state index in [-0.39, 0.29) is 18.4 Å². The lowest BCUT2D eigenvalue weighted by atomic mass is 10.00. The average molecular weight is 206 g/mol. The summed E-state index contributed by atoms with van der Waals surface area (Å²) < 4.78 is 24.4. The monoisotopic (exact) mass is 206 g/mol. The summed E-state index contributed by atoms with van der Waals surface area (Å²) in [5, 5.41) is 2.69. The molecule has 1 aliphatic rings. The second-order valence-corrected chi connectivity index (χ2v) is 3.87. The first kappa shape index (κ1) is 11.4. The van der Waals surface area contributed by atoms with Gasteiger partial charge >= 0.3 is 0 Å². The highest BCUT2D eigenvalue weighted by atomic mass is 19.3. The number of hydrogen-bond donors (Lipinski definition) is 1. The van der Waals surface area contributed by atoms with Crippen molar-refractivity contribution in [3.63, 3.8) is 0 Å². The van der Waals surface area contributed by atoms with Gasteiger partial charge in [0.15, 0.2) is 0 Å². The fourth-order valence-electron chi connectivity index (χ4n) is 1.84. The summed E-state index contributed by atoms with van der Waals surface area (Å²) in [4.78, 5) is 13.0. The molecule has 1 saturated heterocycles. The van der Waals surface area contributed by atoms with Gasteiger partial charge in [0.05, 0.1) is 12.6 Å². The zero-order valence-corrected chi connectivity index (χ0v) is 8.46. The van der Waals surface area contributed by atoms with Gasteiger partial charge in [-0.05, 0) is 5.92 Å². The molecule has 0 aliphatic carbocycles. The molecule has 82 valence electrons. The van der Waals surface area contributed by atoms with Crippen LogP contribution in [0, 0.1) is 5.92 Å². The van der Waals surface area contributed by atoms with Crippen LogP contribution in [0.5, 0.6) is 0 Å². The first-order chi connectivity index (χ1) is 6.52. The number of halogens is 2. The molecule has 0 aromatic heterocycles. The Morgan fingerprint density at radius 1 is 1.57 bits per heavy atom. The molecule has 0 radical (unpaired) electrons. The molecule has 0 saturated carbocycles. The highest BCUT2D eigenvalue weighted by molar-refractivity contribution is 5.82. The van der Waals surface area contributed by atoms with E-state index in [4.69, 9.17) is 0 Å². The van der Waals surface area contributed by atoms with E-state index in [9.17, 15) is 13.6 Å². The Bertz CT molecular complexity index is 209. The number of amides is 1. The SMILES string of the molecule is CC(C)C1C(=O)NCCN1CC(F)F. The highest BCUT2D eigenvalue weighted by Crippen LogP contribution is 2.15. The van der Waals surface area contributed by atoms with Crippen molar-refractivity contribution in [3.05, 3.63) is 0 Å². The van der Waals surface area contributed by atoms with Crippen molar-refractivity contribution >= 4 is 5.91 Å². The van der Waals surface area contributed by atoms with Crippen LogP contribution >= 0.6 is 0 Å². The van der Waals surface area contributed by atoms with E-state index in [1.54, 1.807) is 4.90 Å². The van der Waals surface area contributed by atoms with E-state index in [0.717, 1.165) is 0 Å². The van der Waals surface area contributed by atoms with Crippen LogP contribution in [0.2, 0.25) is 0 Å². The van der Waals surface area contributed by atoms with E-state index in [1.807, 2.05) is 13.8 Å². The second-order valence-electron chi connectivity index (χ2n) is 3.87. The fraction of sp³-hybridized carbons (Fsp3) is 0.889. The van der Waals surface area contributed by atoms with E-state index in [2.05, 4.69) is 5.32 Å². The minimum absolute atomic E-state index is 0.0639. The number of carbonyl (C=O) groups excluding carboxylic acids is 1. The standard InChI is InChI=1S/C9H16F2N2O/c1-6(2)8-9(14)12-3-4-13(8)5-7(10)11/h6-8H,3-5H2,1-2H3,(H,12,14). The summed E-state index contributed by atoms with van der Waals surface area (Å²) >= 11 is 0. The van der Waals surface area contributed by atoms with E-state index < -0.39 is 12.5 Å². The normalized spacial score (nSPS) is 24.4. The van der Waals surface area contributed by atoms with Crippen LogP contribution in [0.1, 0.15) is 13.8 Å². The Labute approximate surface area is 82.5 Å². The molecule has 1 fully saturated rings. The van der Waals surface area contributed by atoms with Crippen molar-refractivity contribution in [2.75, 3.05) is 19.6 Å². The highest BCUT2D eigenvalue weighted by Gasteiger charge is 2.33. The van der Waals surface area contributed by atoms with Crippen LogP contribution < -0.4 is 5.32 Å². The van der Waals surface area contributed by atoms with Gasteiger partial charge < -0.3 is 5.32 Å². The van der Waals surface area contributed by atoms with Crippen molar-refractivity contribution < 1.29 is 13.6 Å². The molecule has 3 nitrogen and oxygen atoms in total. The molecule has 1 N–H and O–H groups in total. The van der Waals surface area contributed by atoms with Gasteiger partial charge in [0.2, 0.25) is 5.91 Å². The van der Waals surface area contributed by atoms with Crippen molar-refractivity contribution in [3.8, 4) is 0 Å². The minimum atomic E-state index is -2.37. The molecule has 1 heterocycles. The summed E-state index contributed by atoms with van der Waals surface area (Å²) in [5.74, 6) is -0.0686. The van der Waals surface area contributed by atoms with Crippen molar-refractivity contribution in [1.82, 2.24) is 10.2 Å². The van der Waals surface area contributed by atoms with Gasteiger partial charge in [-0.15, -0.1) is 0 Å². The van der Waals surface area contributed by atoms with Gasteiger partial charge in [0.25, 0.3) is 6.43 Å². The van der Waals surface area contributed by atoms with Crippen LogP contribution in [0.4, 0.5) is 8.78 Å². The third-order valence-corrected chi connectivity index (χ3v) is 2.36. The van der Waals surface area contributed by atoms with E-state index >= 15 is 0 Å². The predicted molar refractivity (Wildman–Crippen MR) is 49.2 cm³/mol. The summed E-state index contributed by atoms with van der Waals surface area (Å²) in [6, 6.07) is -0.405. The van der Waals surface area contributed by atoms with Gasteiger partial charge in [-0.3, -0.25) is 9.69 Å². The van der Waals surface area contributed by atoms with Crippen LogP contribution in [0.3, 0.4) is 0 Å². The van der Waals surface area contributed by atoms with Crippen LogP contribution in [0.25, 0.3) is 0 Å². The number of rotatable bonds is 3. The van der Waals surface area contributed by atoms with E-state index in [0.29, 0.717) is 13.1 Å². The summed E-state index contributed by atoms with van der Waals surface area (Å²) in [5.41, 5.74) is 0. The van der Waals surface area contributed by atoms with Crippen LogP contribution in [0.15, 0.2) is 0 Å². The number of hydrogen-bond acceptors (Lipinski definition) is 2. The third-order valence-electron chi connectivity index (χ3n) is 2.36. The predicted octanol–water partition coefficient (Wildman–Crippen LogP) is 0.708. The maximum Gasteiger partial charge on any atom is 0.251 e. The lowest BCUT2D eigenvalue weighted by Gasteiger charge is -2.36. The molecular formula is C9H16F2N2O. The van der Waals surface area contributed by atoms with Gasteiger partial charge in [-0.2, -0.15) is 0 Å². The lowest BCUT2D eigenvalue weighted by Crippen LogP contribution is -2.58. The molecule has 0 aromatic rings. The molecule has 0 bridgehead atoms. The van der Waals surface area contributed by atoms with Crippen molar-refractivity contribution in [1.29, 1.82) is 0 Å². The molecular weight excluding hydrogens is 190 g/mol. The first-order valence-corrected chi connectivity index (χ1v) is 4.82. The first-order valence-electron chi connectivity index (χ1n) is 4.82. The maximum atomic E-state index is 12.2. The second kappa shape index (κ2) is 4.68.